The third kappa shape index (κ3) is 4.33. The second-order valence-corrected chi connectivity index (χ2v) is 6.27. The summed E-state index contributed by atoms with van der Waals surface area (Å²) < 4.78 is 7.83. The van der Waals surface area contributed by atoms with Crippen LogP contribution in [0.15, 0.2) is 60.8 Å². The van der Waals surface area contributed by atoms with Gasteiger partial charge in [-0.25, -0.2) is 0 Å². The molecule has 1 heterocycles. The van der Waals surface area contributed by atoms with Gasteiger partial charge in [-0.3, -0.25) is 4.79 Å². The van der Waals surface area contributed by atoms with Crippen molar-refractivity contribution in [2.45, 2.75) is 19.8 Å². The summed E-state index contributed by atoms with van der Waals surface area (Å²) in [6.07, 6.45) is 7.46. The third-order valence-electron chi connectivity index (χ3n) is 4.24. The Kier molecular flexibility index (Phi) is 5.74. The molecule has 0 spiro atoms. The molecule has 4 heteroatoms. The molecular formula is C22H24N2O2. The second kappa shape index (κ2) is 8.39. The number of fused-ring (bicyclic) bond motifs is 1. The van der Waals surface area contributed by atoms with Crippen LogP contribution in [0.1, 0.15) is 25.3 Å². The van der Waals surface area contributed by atoms with E-state index in [2.05, 4.69) is 35.0 Å². The first-order valence-electron chi connectivity index (χ1n) is 8.93. The smallest absolute Gasteiger partial charge is 0.248 e. The minimum Gasteiger partial charge on any atom is -0.491 e. The van der Waals surface area contributed by atoms with Gasteiger partial charge < -0.3 is 14.6 Å². The van der Waals surface area contributed by atoms with Crippen LogP contribution in [0.5, 0.6) is 5.75 Å². The summed E-state index contributed by atoms with van der Waals surface area (Å²) in [6, 6.07) is 15.7. The number of rotatable bonds is 7. The van der Waals surface area contributed by atoms with Gasteiger partial charge in [0.05, 0.1) is 12.3 Å². The number of ether oxygens (including phenoxy) is 1. The molecule has 2 aromatic carbocycles. The van der Waals surface area contributed by atoms with Gasteiger partial charge in [-0.15, -0.1) is 0 Å². The molecule has 0 atom stereocenters. The molecule has 1 aromatic heterocycles. The maximum Gasteiger partial charge on any atom is 0.248 e. The Morgan fingerprint density at radius 3 is 2.88 bits per heavy atom. The predicted molar refractivity (Wildman–Crippen MR) is 107 cm³/mol. The summed E-state index contributed by atoms with van der Waals surface area (Å²) in [5, 5.41) is 4.05. The highest BCUT2D eigenvalue weighted by molar-refractivity contribution is 6.03. The number of hydrogen-bond acceptors (Lipinski definition) is 2. The summed E-state index contributed by atoms with van der Waals surface area (Å²) in [7, 11) is 2.02. The Hall–Kier alpha value is -3.01. The van der Waals surface area contributed by atoms with Crippen molar-refractivity contribution in [3.8, 4) is 5.75 Å². The topological polar surface area (TPSA) is 43.3 Å². The van der Waals surface area contributed by atoms with Gasteiger partial charge in [0.15, 0.2) is 0 Å². The van der Waals surface area contributed by atoms with E-state index in [0.29, 0.717) is 18.0 Å². The summed E-state index contributed by atoms with van der Waals surface area (Å²) in [5.41, 5.74) is 2.85. The van der Waals surface area contributed by atoms with Gasteiger partial charge in [0.1, 0.15) is 5.75 Å². The van der Waals surface area contributed by atoms with E-state index in [1.807, 2.05) is 49.7 Å². The fourth-order valence-corrected chi connectivity index (χ4v) is 2.77. The molecule has 0 saturated carbocycles. The normalized spacial score (nSPS) is 11.2. The van der Waals surface area contributed by atoms with Gasteiger partial charge in [0.25, 0.3) is 0 Å². The minimum absolute atomic E-state index is 0.176. The van der Waals surface area contributed by atoms with E-state index in [-0.39, 0.29) is 5.91 Å². The van der Waals surface area contributed by atoms with Crippen molar-refractivity contribution in [3.05, 3.63) is 66.4 Å². The second-order valence-electron chi connectivity index (χ2n) is 6.27. The largest absolute Gasteiger partial charge is 0.491 e. The Labute approximate surface area is 154 Å². The van der Waals surface area contributed by atoms with E-state index in [1.54, 1.807) is 6.08 Å². The number of hydrogen-bond donors (Lipinski definition) is 1. The number of unbranched alkanes of at least 4 members (excludes halogenated alkanes) is 1. The van der Waals surface area contributed by atoms with E-state index in [0.717, 1.165) is 23.8 Å². The number of para-hydroxylation sites is 2. The minimum atomic E-state index is -0.176. The van der Waals surface area contributed by atoms with Gasteiger partial charge in [0.2, 0.25) is 5.91 Å². The maximum atomic E-state index is 12.3. The van der Waals surface area contributed by atoms with Gasteiger partial charge in [-0.05, 0) is 48.4 Å². The first-order chi connectivity index (χ1) is 12.7. The van der Waals surface area contributed by atoms with Crippen molar-refractivity contribution in [1.82, 2.24) is 4.57 Å². The fourth-order valence-electron chi connectivity index (χ4n) is 2.77. The van der Waals surface area contributed by atoms with E-state index in [4.69, 9.17) is 4.74 Å². The number of nitrogens with one attached hydrogen (secondary N) is 1. The Bertz CT molecular complexity index is 925. The van der Waals surface area contributed by atoms with Crippen molar-refractivity contribution >= 4 is 28.6 Å². The lowest BCUT2D eigenvalue weighted by atomic mass is 10.1. The van der Waals surface area contributed by atoms with Gasteiger partial charge >= 0.3 is 0 Å². The molecule has 0 fully saturated rings. The van der Waals surface area contributed by atoms with Crippen molar-refractivity contribution in [2.75, 3.05) is 11.9 Å². The number of aryl methyl sites for hydroxylation is 1. The number of aromatic nitrogens is 1. The molecule has 0 aliphatic heterocycles. The van der Waals surface area contributed by atoms with E-state index in [1.165, 1.54) is 5.52 Å². The zero-order chi connectivity index (χ0) is 18.4. The molecule has 3 aromatic rings. The Morgan fingerprint density at radius 1 is 1.19 bits per heavy atom. The van der Waals surface area contributed by atoms with Crippen LogP contribution in [0, 0.1) is 0 Å². The monoisotopic (exact) mass is 348 g/mol. The van der Waals surface area contributed by atoms with E-state index in [9.17, 15) is 4.79 Å². The average Bonchev–Trinajstić information content (AvgIpc) is 3.02. The lowest BCUT2D eigenvalue weighted by Gasteiger charge is -2.11. The van der Waals surface area contributed by atoms with Crippen LogP contribution in [-0.2, 0) is 11.8 Å². The summed E-state index contributed by atoms with van der Waals surface area (Å²) >= 11 is 0. The van der Waals surface area contributed by atoms with Crippen LogP contribution >= 0.6 is 0 Å². The molecule has 3 rings (SSSR count). The highest BCUT2D eigenvalue weighted by Gasteiger charge is 2.05. The number of amides is 1. The Morgan fingerprint density at radius 2 is 2.04 bits per heavy atom. The molecule has 1 N–H and O–H groups in total. The maximum absolute atomic E-state index is 12.3. The predicted octanol–water partition coefficient (Wildman–Crippen LogP) is 5.01. The van der Waals surface area contributed by atoms with Gasteiger partial charge in [-0.2, -0.15) is 0 Å². The van der Waals surface area contributed by atoms with Crippen molar-refractivity contribution < 1.29 is 9.53 Å². The molecular weight excluding hydrogens is 324 g/mol. The summed E-state index contributed by atoms with van der Waals surface area (Å²) in [4.78, 5) is 12.3. The van der Waals surface area contributed by atoms with Crippen LogP contribution in [0.3, 0.4) is 0 Å². The molecule has 0 saturated heterocycles. The molecule has 0 bridgehead atoms. The molecule has 26 heavy (non-hydrogen) atoms. The van der Waals surface area contributed by atoms with Crippen LogP contribution < -0.4 is 10.1 Å². The standard InChI is InChI=1S/C22H24N2O2/c1-3-4-15-26-21-8-6-5-7-19(21)23-22(25)12-10-17-9-11-20-18(16-17)13-14-24(20)2/h5-14,16H,3-4,15H2,1-2H3,(H,23,25)/b12-10+. The molecule has 134 valence electrons. The third-order valence-corrected chi connectivity index (χ3v) is 4.24. The number of anilines is 1. The fraction of sp³-hybridized carbons (Fsp3) is 0.227. The quantitative estimate of drug-likeness (QED) is 0.482. The summed E-state index contributed by atoms with van der Waals surface area (Å²) in [5.74, 6) is 0.526. The number of benzene rings is 2. The van der Waals surface area contributed by atoms with Crippen LogP contribution in [0.25, 0.3) is 17.0 Å². The molecule has 0 aliphatic carbocycles. The first-order valence-corrected chi connectivity index (χ1v) is 8.93. The molecule has 1 amide bonds. The van der Waals surface area contributed by atoms with Crippen LogP contribution in [-0.4, -0.2) is 17.1 Å². The van der Waals surface area contributed by atoms with E-state index >= 15 is 0 Å². The molecule has 0 aliphatic rings. The number of nitrogens with zero attached hydrogens (tertiary/aromatic N) is 1. The lowest BCUT2D eigenvalue weighted by Crippen LogP contribution is -2.09. The van der Waals surface area contributed by atoms with Crippen LogP contribution in [0.4, 0.5) is 5.69 Å². The van der Waals surface area contributed by atoms with Crippen LogP contribution in [0.2, 0.25) is 0 Å². The van der Waals surface area contributed by atoms with Crippen molar-refractivity contribution in [2.24, 2.45) is 7.05 Å². The highest BCUT2D eigenvalue weighted by Crippen LogP contribution is 2.24. The van der Waals surface area contributed by atoms with E-state index < -0.39 is 0 Å². The molecule has 0 radical (unpaired) electrons. The SMILES string of the molecule is CCCCOc1ccccc1NC(=O)/C=C/c1ccc2c(ccn2C)c1. The zero-order valence-corrected chi connectivity index (χ0v) is 15.2. The van der Waals surface area contributed by atoms with Gasteiger partial charge in [-0.1, -0.05) is 31.5 Å². The van der Waals surface area contributed by atoms with Gasteiger partial charge in [0, 0.05) is 30.2 Å². The Balaban J connectivity index is 1.67. The first kappa shape index (κ1) is 17.8. The number of carbonyl (C=O) groups is 1. The molecule has 0 unspecified atom stereocenters. The van der Waals surface area contributed by atoms with Crippen molar-refractivity contribution in [3.63, 3.8) is 0 Å². The average molecular weight is 348 g/mol. The molecule has 4 nitrogen and oxygen atoms in total. The highest BCUT2D eigenvalue weighted by atomic mass is 16.5. The van der Waals surface area contributed by atoms with Crippen molar-refractivity contribution in [1.29, 1.82) is 0 Å². The zero-order valence-electron chi connectivity index (χ0n) is 15.2. The summed E-state index contributed by atoms with van der Waals surface area (Å²) in [6.45, 7) is 2.77. The lowest BCUT2D eigenvalue weighted by molar-refractivity contribution is -0.111. The number of carbonyl (C=O) groups excluding carboxylic acids is 1.